The number of nitrogens with zero attached hydrogens (tertiary/aromatic N) is 1. The summed E-state index contributed by atoms with van der Waals surface area (Å²) in [6.45, 7) is 5.32. The molecule has 1 fully saturated rings. The maximum absolute atomic E-state index is 13.7. The first-order valence-corrected chi connectivity index (χ1v) is 14.9. The van der Waals surface area contributed by atoms with E-state index in [1.54, 1.807) is 12.1 Å². The molecule has 0 radical (unpaired) electrons. The molecule has 43 heavy (non-hydrogen) atoms. The molecule has 0 saturated carbocycles. The van der Waals surface area contributed by atoms with Gasteiger partial charge in [0.15, 0.2) is 11.5 Å². The third kappa shape index (κ3) is 7.73. The Balaban J connectivity index is 1.32. The third-order valence-corrected chi connectivity index (χ3v) is 8.08. The second kappa shape index (κ2) is 14.2. The molecule has 1 atom stereocenters. The van der Waals surface area contributed by atoms with Gasteiger partial charge in [-0.1, -0.05) is 65.4 Å². The number of benzene rings is 4. The van der Waals surface area contributed by atoms with Crippen molar-refractivity contribution in [1.29, 1.82) is 0 Å². The van der Waals surface area contributed by atoms with E-state index in [2.05, 4.69) is 10.5 Å². The van der Waals surface area contributed by atoms with Crippen molar-refractivity contribution in [3.8, 4) is 0 Å². The summed E-state index contributed by atoms with van der Waals surface area (Å²) in [6.07, 6.45) is 0.548. The van der Waals surface area contributed by atoms with E-state index >= 15 is 0 Å². The van der Waals surface area contributed by atoms with Crippen LogP contribution in [0.15, 0.2) is 112 Å². The number of oxime groups is 1. The van der Waals surface area contributed by atoms with Crippen molar-refractivity contribution in [3.63, 3.8) is 0 Å². The van der Waals surface area contributed by atoms with Gasteiger partial charge in [-0.25, -0.2) is 4.79 Å². The Labute approximate surface area is 255 Å². The molecule has 1 N–H and O–H groups in total. The zero-order chi connectivity index (χ0) is 30.2. The lowest BCUT2D eigenvalue weighted by molar-refractivity contribution is -0.140. The molecule has 8 heteroatoms. The van der Waals surface area contributed by atoms with Crippen LogP contribution in [-0.2, 0) is 20.8 Å². The van der Waals surface area contributed by atoms with Gasteiger partial charge in [-0.05, 0) is 66.6 Å². The number of carbonyl (C=O) groups is 3. The maximum Gasteiger partial charge on any atom is 0.332 e. The molecule has 5 rings (SSSR count). The predicted octanol–water partition coefficient (Wildman–Crippen LogP) is 6.06. The van der Waals surface area contributed by atoms with E-state index in [4.69, 9.17) is 9.57 Å². The Kier molecular flexibility index (Phi) is 9.94. The molecule has 0 spiro atoms. The SMILES string of the molecule is CC(=O)O/N=C(\C(=O)c1ccc(Sc2ccc(C(=O)c3ccccc3C)cc2)cc1)c1ccccc1CC1CNCCO1. The van der Waals surface area contributed by atoms with Crippen LogP contribution in [-0.4, -0.2) is 49.0 Å². The van der Waals surface area contributed by atoms with Gasteiger partial charge in [0.1, 0.15) is 0 Å². The van der Waals surface area contributed by atoms with Crippen molar-refractivity contribution in [2.45, 2.75) is 36.2 Å². The van der Waals surface area contributed by atoms with Crippen molar-refractivity contribution >= 4 is 35.0 Å². The minimum Gasteiger partial charge on any atom is -0.375 e. The average Bonchev–Trinajstić information content (AvgIpc) is 3.03. The molecule has 0 bridgehead atoms. The van der Waals surface area contributed by atoms with Gasteiger partial charge in [0.2, 0.25) is 5.78 Å². The predicted molar refractivity (Wildman–Crippen MR) is 167 cm³/mol. The van der Waals surface area contributed by atoms with Gasteiger partial charge in [0.05, 0.1) is 12.7 Å². The first-order valence-electron chi connectivity index (χ1n) is 14.1. The molecule has 1 aliphatic heterocycles. The lowest BCUT2D eigenvalue weighted by Gasteiger charge is -2.24. The van der Waals surface area contributed by atoms with Crippen LogP contribution in [0.4, 0.5) is 0 Å². The van der Waals surface area contributed by atoms with Crippen LogP contribution in [0.25, 0.3) is 0 Å². The van der Waals surface area contributed by atoms with Crippen LogP contribution < -0.4 is 5.32 Å². The molecule has 0 amide bonds. The molecule has 0 aliphatic carbocycles. The number of ether oxygens (including phenoxy) is 1. The lowest BCUT2D eigenvalue weighted by atomic mass is 9.93. The second-order valence-corrected chi connectivity index (χ2v) is 11.4. The van der Waals surface area contributed by atoms with Crippen molar-refractivity contribution in [1.82, 2.24) is 5.32 Å². The van der Waals surface area contributed by atoms with E-state index in [9.17, 15) is 14.4 Å². The van der Waals surface area contributed by atoms with E-state index in [0.717, 1.165) is 27.5 Å². The number of hydrogen-bond donors (Lipinski definition) is 1. The standard InChI is InChI=1S/C35H32N2O5S/c1-23-7-3-5-9-31(23)34(39)25-11-15-29(16-12-25)43-30-17-13-26(14-18-30)35(40)33(37-42-24(2)38)32-10-6-4-8-27(32)21-28-22-36-19-20-41-28/h3-18,28,36H,19-22H2,1-2H3/b37-33-. The molecule has 4 aromatic carbocycles. The largest absolute Gasteiger partial charge is 0.375 e. The fourth-order valence-electron chi connectivity index (χ4n) is 4.85. The quantitative estimate of drug-likeness (QED) is 0.104. The highest BCUT2D eigenvalue weighted by atomic mass is 32.2. The van der Waals surface area contributed by atoms with E-state index in [0.29, 0.717) is 41.8 Å². The summed E-state index contributed by atoms with van der Waals surface area (Å²) in [5.41, 5.74) is 4.23. The Morgan fingerprint density at radius 2 is 1.49 bits per heavy atom. The van der Waals surface area contributed by atoms with Crippen LogP contribution in [0.5, 0.6) is 0 Å². The number of carbonyl (C=O) groups excluding carboxylic acids is 3. The molecule has 1 heterocycles. The van der Waals surface area contributed by atoms with Crippen molar-refractivity contribution in [2.75, 3.05) is 19.7 Å². The van der Waals surface area contributed by atoms with Crippen LogP contribution in [0.3, 0.4) is 0 Å². The zero-order valence-corrected chi connectivity index (χ0v) is 24.9. The van der Waals surface area contributed by atoms with Gasteiger partial charge in [0, 0.05) is 58.5 Å². The highest BCUT2D eigenvalue weighted by Gasteiger charge is 2.23. The molecular formula is C35H32N2O5S. The molecule has 1 saturated heterocycles. The number of rotatable bonds is 10. The van der Waals surface area contributed by atoms with Crippen molar-refractivity contribution in [2.24, 2.45) is 5.16 Å². The highest BCUT2D eigenvalue weighted by Crippen LogP contribution is 2.29. The molecule has 0 aromatic heterocycles. The summed E-state index contributed by atoms with van der Waals surface area (Å²) in [7, 11) is 0. The van der Waals surface area contributed by atoms with Gasteiger partial charge in [0.25, 0.3) is 0 Å². The average molecular weight is 593 g/mol. The number of ketones is 2. The van der Waals surface area contributed by atoms with E-state index in [1.165, 1.54) is 18.7 Å². The summed E-state index contributed by atoms with van der Waals surface area (Å²) < 4.78 is 5.87. The van der Waals surface area contributed by atoms with E-state index in [-0.39, 0.29) is 23.4 Å². The second-order valence-electron chi connectivity index (χ2n) is 10.2. The van der Waals surface area contributed by atoms with Gasteiger partial charge >= 0.3 is 5.97 Å². The lowest BCUT2D eigenvalue weighted by Crippen LogP contribution is -2.39. The van der Waals surface area contributed by atoms with Crippen LogP contribution >= 0.6 is 11.8 Å². The third-order valence-electron chi connectivity index (χ3n) is 7.06. The van der Waals surface area contributed by atoms with E-state index < -0.39 is 5.97 Å². The first kappa shape index (κ1) is 30.1. The highest BCUT2D eigenvalue weighted by molar-refractivity contribution is 7.99. The van der Waals surface area contributed by atoms with Crippen molar-refractivity contribution in [3.05, 3.63) is 130 Å². The van der Waals surface area contributed by atoms with Gasteiger partial charge in [-0.3, -0.25) is 9.59 Å². The Hall–Kier alpha value is -4.37. The normalized spacial score (nSPS) is 15.1. The van der Waals surface area contributed by atoms with Gasteiger partial charge < -0.3 is 14.9 Å². The smallest absolute Gasteiger partial charge is 0.332 e. The van der Waals surface area contributed by atoms with E-state index in [1.807, 2.05) is 91.9 Å². The number of hydrogen-bond acceptors (Lipinski definition) is 8. The number of nitrogens with one attached hydrogen (secondary N) is 1. The zero-order valence-electron chi connectivity index (χ0n) is 24.0. The Morgan fingerprint density at radius 1 is 0.860 bits per heavy atom. The van der Waals surface area contributed by atoms with Crippen molar-refractivity contribution < 1.29 is 24.0 Å². The van der Waals surface area contributed by atoms with Gasteiger partial charge in [-0.2, -0.15) is 0 Å². The molecule has 218 valence electrons. The molecule has 1 aliphatic rings. The number of Topliss-reactive ketones (excluding diaryl/α,β-unsaturated/α-hetero) is 1. The van der Waals surface area contributed by atoms with Gasteiger partial charge in [-0.15, -0.1) is 0 Å². The molecule has 1 unspecified atom stereocenters. The Morgan fingerprint density at radius 3 is 2.12 bits per heavy atom. The minimum absolute atomic E-state index is 0.00626. The Bertz CT molecular complexity index is 1640. The fraction of sp³-hybridized carbons (Fsp3) is 0.200. The summed E-state index contributed by atoms with van der Waals surface area (Å²) in [6, 6.07) is 29.7. The minimum atomic E-state index is -0.610. The van der Waals surface area contributed by atoms with Crippen LogP contribution in [0.1, 0.15) is 49.9 Å². The first-order chi connectivity index (χ1) is 20.9. The monoisotopic (exact) mass is 592 g/mol. The summed E-state index contributed by atoms with van der Waals surface area (Å²) in [4.78, 5) is 45.1. The molecular weight excluding hydrogens is 560 g/mol. The summed E-state index contributed by atoms with van der Waals surface area (Å²) in [5, 5.41) is 7.31. The fourth-order valence-corrected chi connectivity index (χ4v) is 5.67. The summed E-state index contributed by atoms with van der Waals surface area (Å²) in [5.74, 6) is -0.971. The molecule has 4 aromatic rings. The molecule has 7 nitrogen and oxygen atoms in total. The summed E-state index contributed by atoms with van der Waals surface area (Å²) >= 11 is 1.53. The maximum atomic E-state index is 13.7. The number of aryl methyl sites for hydroxylation is 1. The number of morpholine rings is 1. The van der Waals surface area contributed by atoms with Crippen LogP contribution in [0.2, 0.25) is 0 Å². The van der Waals surface area contributed by atoms with Crippen LogP contribution in [0, 0.1) is 6.92 Å². The topological polar surface area (TPSA) is 94.1 Å².